The summed E-state index contributed by atoms with van der Waals surface area (Å²) < 4.78 is 1.65. The number of fused-ring (bicyclic) bond motifs is 1. The van der Waals surface area contributed by atoms with E-state index in [1.807, 2.05) is 27.0 Å². The topological polar surface area (TPSA) is 86.8 Å². The van der Waals surface area contributed by atoms with E-state index in [0.717, 1.165) is 22.0 Å². The first-order chi connectivity index (χ1) is 11.8. The van der Waals surface area contributed by atoms with Crippen LogP contribution < -0.4 is 5.32 Å². The van der Waals surface area contributed by atoms with Crippen LogP contribution in [0.4, 0.5) is 5.69 Å². The van der Waals surface area contributed by atoms with Gasteiger partial charge in [-0.15, -0.1) is 0 Å². The summed E-state index contributed by atoms with van der Waals surface area (Å²) in [7, 11) is 1.81. The lowest BCUT2D eigenvalue weighted by Gasteiger charge is -2.24. The Morgan fingerprint density at radius 3 is 2.72 bits per heavy atom. The monoisotopic (exact) mass is 335 g/mol. The molecule has 1 aromatic carbocycles. The third kappa shape index (κ3) is 3.19. The average molecular weight is 335 g/mol. The molecule has 0 bridgehead atoms. The molecule has 0 aliphatic carbocycles. The second-order valence-corrected chi connectivity index (χ2v) is 6.67. The van der Waals surface area contributed by atoms with E-state index >= 15 is 0 Å². The number of nitriles is 1. The minimum atomic E-state index is -1.12. The van der Waals surface area contributed by atoms with Crippen LogP contribution in [0.1, 0.15) is 29.2 Å². The molecule has 6 nitrogen and oxygen atoms in total. The highest BCUT2D eigenvalue weighted by atomic mass is 16.3. The number of aryl methyl sites for hydroxylation is 3. The molecule has 0 aliphatic heterocycles. The zero-order valence-electron chi connectivity index (χ0n) is 14.8. The standard InChI is InChI=1S/C19H21N5O/c1-12-5-13(2)17-16(6-12)18(14(7-20)8-21-17)22-11-19(3,25)15-9-23-24(4)10-15/h5-6,8-10,25H,11H2,1-4H3,(H,21,22). The first-order valence-corrected chi connectivity index (χ1v) is 8.07. The van der Waals surface area contributed by atoms with Crippen molar-refractivity contribution in [2.45, 2.75) is 26.4 Å². The molecule has 2 aromatic heterocycles. The van der Waals surface area contributed by atoms with Gasteiger partial charge >= 0.3 is 0 Å². The number of aliphatic hydroxyl groups is 1. The van der Waals surface area contributed by atoms with Crippen LogP contribution in [-0.4, -0.2) is 26.4 Å². The first kappa shape index (κ1) is 16.9. The zero-order chi connectivity index (χ0) is 18.2. The van der Waals surface area contributed by atoms with Crippen LogP contribution in [-0.2, 0) is 12.6 Å². The number of hydrogen-bond acceptors (Lipinski definition) is 5. The Hall–Kier alpha value is -2.91. The molecule has 0 saturated heterocycles. The van der Waals surface area contributed by atoms with Crippen LogP contribution in [0, 0.1) is 25.2 Å². The fourth-order valence-corrected chi connectivity index (χ4v) is 3.00. The Labute approximate surface area is 146 Å². The van der Waals surface area contributed by atoms with Crippen molar-refractivity contribution in [3.63, 3.8) is 0 Å². The number of rotatable bonds is 4. The number of benzene rings is 1. The van der Waals surface area contributed by atoms with E-state index in [2.05, 4.69) is 27.5 Å². The summed E-state index contributed by atoms with van der Waals surface area (Å²) in [6, 6.07) is 6.26. The quantitative estimate of drug-likeness (QED) is 0.765. The van der Waals surface area contributed by atoms with Crippen molar-refractivity contribution in [3.8, 4) is 6.07 Å². The molecule has 0 spiro atoms. The van der Waals surface area contributed by atoms with Crippen LogP contribution in [0.3, 0.4) is 0 Å². The average Bonchev–Trinajstić information content (AvgIpc) is 2.99. The van der Waals surface area contributed by atoms with Gasteiger partial charge in [0.05, 0.1) is 23.0 Å². The molecule has 2 N–H and O–H groups in total. The molecule has 0 saturated carbocycles. The zero-order valence-corrected chi connectivity index (χ0v) is 14.8. The summed E-state index contributed by atoms with van der Waals surface area (Å²) >= 11 is 0. The van der Waals surface area contributed by atoms with E-state index < -0.39 is 5.60 Å². The second-order valence-electron chi connectivity index (χ2n) is 6.67. The fourth-order valence-electron chi connectivity index (χ4n) is 3.00. The number of pyridine rings is 1. The number of nitrogens with zero attached hydrogens (tertiary/aromatic N) is 4. The summed E-state index contributed by atoms with van der Waals surface area (Å²) in [4.78, 5) is 4.42. The molecule has 3 rings (SSSR count). The first-order valence-electron chi connectivity index (χ1n) is 8.07. The van der Waals surface area contributed by atoms with E-state index in [0.29, 0.717) is 16.8 Å². The van der Waals surface area contributed by atoms with Gasteiger partial charge in [-0.1, -0.05) is 11.6 Å². The molecule has 0 amide bonds. The maximum Gasteiger partial charge on any atom is 0.107 e. The summed E-state index contributed by atoms with van der Waals surface area (Å²) in [5.74, 6) is 0. The third-order valence-electron chi connectivity index (χ3n) is 4.36. The number of anilines is 1. The van der Waals surface area contributed by atoms with Gasteiger partial charge in [0, 0.05) is 36.9 Å². The van der Waals surface area contributed by atoms with Crippen molar-refractivity contribution in [1.29, 1.82) is 5.26 Å². The van der Waals surface area contributed by atoms with Gasteiger partial charge in [0.1, 0.15) is 11.7 Å². The van der Waals surface area contributed by atoms with Gasteiger partial charge in [-0.25, -0.2) is 0 Å². The summed E-state index contributed by atoms with van der Waals surface area (Å²) in [5, 5.41) is 28.5. The summed E-state index contributed by atoms with van der Waals surface area (Å²) in [5.41, 5.74) is 3.77. The molecule has 2 heterocycles. The smallest absolute Gasteiger partial charge is 0.107 e. The van der Waals surface area contributed by atoms with E-state index in [9.17, 15) is 10.4 Å². The van der Waals surface area contributed by atoms with Crippen LogP contribution in [0.5, 0.6) is 0 Å². The minimum absolute atomic E-state index is 0.249. The van der Waals surface area contributed by atoms with Crippen LogP contribution >= 0.6 is 0 Å². The van der Waals surface area contributed by atoms with Gasteiger partial charge in [-0.2, -0.15) is 10.4 Å². The Morgan fingerprint density at radius 1 is 1.32 bits per heavy atom. The van der Waals surface area contributed by atoms with Gasteiger partial charge in [0.25, 0.3) is 0 Å². The van der Waals surface area contributed by atoms with Crippen LogP contribution in [0.2, 0.25) is 0 Å². The maximum atomic E-state index is 10.8. The predicted molar refractivity (Wildman–Crippen MR) is 97.2 cm³/mol. The Kier molecular flexibility index (Phi) is 4.19. The van der Waals surface area contributed by atoms with Gasteiger partial charge in [0.15, 0.2) is 0 Å². The molecule has 0 aliphatic rings. The predicted octanol–water partition coefficient (Wildman–Crippen LogP) is 2.78. The lowest BCUT2D eigenvalue weighted by atomic mass is 9.98. The van der Waals surface area contributed by atoms with Crippen molar-refractivity contribution in [1.82, 2.24) is 14.8 Å². The van der Waals surface area contributed by atoms with Crippen molar-refractivity contribution in [3.05, 3.63) is 53.0 Å². The molecule has 25 heavy (non-hydrogen) atoms. The third-order valence-corrected chi connectivity index (χ3v) is 4.36. The van der Waals surface area contributed by atoms with Gasteiger partial charge in [0.2, 0.25) is 0 Å². The van der Waals surface area contributed by atoms with Crippen LogP contribution in [0.15, 0.2) is 30.7 Å². The highest BCUT2D eigenvalue weighted by Crippen LogP contribution is 2.30. The van der Waals surface area contributed by atoms with Crippen molar-refractivity contribution >= 4 is 16.6 Å². The molecule has 128 valence electrons. The maximum absolute atomic E-state index is 10.8. The molecule has 1 unspecified atom stereocenters. The van der Waals surface area contributed by atoms with Gasteiger partial charge in [-0.05, 0) is 32.4 Å². The molecule has 0 radical (unpaired) electrons. The lowest BCUT2D eigenvalue weighted by molar-refractivity contribution is 0.0715. The molecule has 6 heteroatoms. The minimum Gasteiger partial charge on any atom is -0.383 e. The van der Waals surface area contributed by atoms with Crippen molar-refractivity contribution < 1.29 is 5.11 Å². The number of hydrogen-bond donors (Lipinski definition) is 2. The Bertz CT molecular complexity index is 981. The van der Waals surface area contributed by atoms with E-state index in [1.54, 1.807) is 30.2 Å². The van der Waals surface area contributed by atoms with Crippen molar-refractivity contribution in [2.75, 3.05) is 11.9 Å². The lowest BCUT2D eigenvalue weighted by Crippen LogP contribution is -2.30. The van der Waals surface area contributed by atoms with E-state index in [1.165, 1.54) is 0 Å². The molecule has 1 atom stereocenters. The molecular formula is C19H21N5O. The van der Waals surface area contributed by atoms with Crippen LogP contribution in [0.25, 0.3) is 10.9 Å². The molecule has 3 aromatic rings. The van der Waals surface area contributed by atoms with Crippen molar-refractivity contribution in [2.24, 2.45) is 7.05 Å². The Morgan fingerprint density at radius 2 is 2.08 bits per heavy atom. The largest absolute Gasteiger partial charge is 0.383 e. The van der Waals surface area contributed by atoms with E-state index in [-0.39, 0.29) is 6.54 Å². The fraction of sp³-hybridized carbons (Fsp3) is 0.316. The van der Waals surface area contributed by atoms with E-state index in [4.69, 9.17) is 0 Å². The summed E-state index contributed by atoms with van der Waals surface area (Å²) in [6.07, 6.45) is 5.00. The highest BCUT2D eigenvalue weighted by Gasteiger charge is 2.25. The second kappa shape index (κ2) is 6.19. The number of aromatic nitrogens is 3. The van der Waals surface area contributed by atoms with Gasteiger partial charge < -0.3 is 10.4 Å². The summed E-state index contributed by atoms with van der Waals surface area (Å²) in [6.45, 7) is 5.99. The Balaban J connectivity index is 2.02. The number of nitrogens with one attached hydrogen (secondary N) is 1. The SMILES string of the molecule is Cc1cc(C)c2ncc(C#N)c(NCC(C)(O)c3cnn(C)c3)c2c1. The highest BCUT2D eigenvalue weighted by molar-refractivity contribution is 5.96. The van der Waals surface area contributed by atoms with Gasteiger partial charge in [-0.3, -0.25) is 9.67 Å². The molecular weight excluding hydrogens is 314 g/mol. The normalized spacial score (nSPS) is 13.4. The molecule has 0 fully saturated rings.